The lowest BCUT2D eigenvalue weighted by molar-refractivity contribution is 0.0391. The summed E-state index contributed by atoms with van der Waals surface area (Å²) in [6.07, 6.45) is 0. The number of fused-ring (bicyclic) bond motifs is 1. The fourth-order valence-electron chi connectivity index (χ4n) is 3.55. The number of benzene rings is 2. The SMILES string of the molecule is Cc1ccc(C(=O)N(CCN2CCOCC2)c2nc3ccc(Cl)cc3s2)c(C)c1.Cl. The topological polar surface area (TPSA) is 45.7 Å². The van der Waals surface area contributed by atoms with Crippen LogP contribution in [0.5, 0.6) is 0 Å². The van der Waals surface area contributed by atoms with Crippen molar-refractivity contribution in [2.75, 3.05) is 44.3 Å². The molecule has 0 saturated carbocycles. The molecule has 0 aliphatic carbocycles. The minimum absolute atomic E-state index is 0. The predicted molar refractivity (Wildman–Crippen MR) is 127 cm³/mol. The summed E-state index contributed by atoms with van der Waals surface area (Å²) in [5.74, 6) is -0.0130. The summed E-state index contributed by atoms with van der Waals surface area (Å²) in [6.45, 7) is 8.65. The van der Waals surface area contributed by atoms with E-state index in [1.54, 1.807) is 0 Å². The molecule has 4 rings (SSSR count). The third kappa shape index (κ3) is 5.13. The van der Waals surface area contributed by atoms with Crippen LogP contribution < -0.4 is 4.90 Å². The summed E-state index contributed by atoms with van der Waals surface area (Å²) in [7, 11) is 0. The number of thiazole rings is 1. The Labute approximate surface area is 192 Å². The number of amides is 1. The molecule has 2 heterocycles. The van der Waals surface area contributed by atoms with Gasteiger partial charge in [0.15, 0.2) is 5.13 Å². The van der Waals surface area contributed by atoms with Crippen LogP contribution in [0.1, 0.15) is 21.5 Å². The maximum atomic E-state index is 13.5. The molecule has 5 nitrogen and oxygen atoms in total. The van der Waals surface area contributed by atoms with Gasteiger partial charge in [0.2, 0.25) is 0 Å². The lowest BCUT2D eigenvalue weighted by Gasteiger charge is -2.29. The second kappa shape index (κ2) is 10.1. The van der Waals surface area contributed by atoms with E-state index >= 15 is 0 Å². The number of aryl methyl sites for hydroxylation is 2. The fraction of sp³-hybridized carbons (Fsp3) is 0.364. The maximum Gasteiger partial charge on any atom is 0.260 e. The van der Waals surface area contributed by atoms with E-state index in [2.05, 4.69) is 4.90 Å². The van der Waals surface area contributed by atoms with Crippen LogP contribution in [0.3, 0.4) is 0 Å². The van der Waals surface area contributed by atoms with Gasteiger partial charge in [0, 0.05) is 36.8 Å². The largest absolute Gasteiger partial charge is 0.379 e. The number of carbonyl (C=O) groups excluding carboxylic acids is 1. The van der Waals surface area contributed by atoms with E-state index < -0.39 is 0 Å². The highest BCUT2D eigenvalue weighted by atomic mass is 35.5. The van der Waals surface area contributed by atoms with E-state index in [-0.39, 0.29) is 18.3 Å². The van der Waals surface area contributed by atoms with Crippen LogP contribution >= 0.6 is 35.3 Å². The van der Waals surface area contributed by atoms with Crippen molar-refractivity contribution in [2.24, 2.45) is 0 Å². The molecular formula is C22H25Cl2N3O2S. The van der Waals surface area contributed by atoms with Crippen molar-refractivity contribution in [1.29, 1.82) is 0 Å². The number of morpholine rings is 1. The fourth-order valence-corrected chi connectivity index (χ4v) is 4.82. The highest BCUT2D eigenvalue weighted by Crippen LogP contribution is 2.32. The zero-order valence-corrected chi connectivity index (χ0v) is 19.4. The third-order valence-corrected chi connectivity index (χ3v) is 6.45. The first-order chi connectivity index (χ1) is 14.0. The summed E-state index contributed by atoms with van der Waals surface area (Å²) in [4.78, 5) is 22.4. The van der Waals surface area contributed by atoms with Gasteiger partial charge in [-0.05, 0) is 43.7 Å². The zero-order chi connectivity index (χ0) is 20.4. The average Bonchev–Trinajstić information content (AvgIpc) is 3.11. The summed E-state index contributed by atoms with van der Waals surface area (Å²) in [6, 6.07) is 11.6. The smallest absolute Gasteiger partial charge is 0.260 e. The van der Waals surface area contributed by atoms with Gasteiger partial charge in [0.05, 0.1) is 23.4 Å². The zero-order valence-electron chi connectivity index (χ0n) is 17.1. The monoisotopic (exact) mass is 465 g/mol. The van der Waals surface area contributed by atoms with E-state index in [9.17, 15) is 4.79 Å². The van der Waals surface area contributed by atoms with E-state index in [0.717, 1.165) is 59.8 Å². The van der Waals surface area contributed by atoms with Crippen LogP contribution in [0, 0.1) is 13.8 Å². The van der Waals surface area contributed by atoms with Gasteiger partial charge >= 0.3 is 0 Å². The number of aromatic nitrogens is 1. The van der Waals surface area contributed by atoms with Gasteiger partial charge in [-0.15, -0.1) is 12.4 Å². The van der Waals surface area contributed by atoms with Crippen LogP contribution in [0.15, 0.2) is 36.4 Å². The summed E-state index contributed by atoms with van der Waals surface area (Å²) >= 11 is 7.65. The van der Waals surface area contributed by atoms with E-state index in [1.807, 2.05) is 55.1 Å². The molecular weight excluding hydrogens is 441 g/mol. The first kappa shape index (κ1) is 23.0. The molecule has 0 bridgehead atoms. The van der Waals surface area contributed by atoms with E-state index in [0.29, 0.717) is 16.7 Å². The number of hydrogen-bond donors (Lipinski definition) is 0. The normalized spacial score (nSPS) is 14.5. The summed E-state index contributed by atoms with van der Waals surface area (Å²) < 4.78 is 6.42. The quantitative estimate of drug-likeness (QED) is 0.533. The van der Waals surface area contributed by atoms with Crippen molar-refractivity contribution < 1.29 is 9.53 Å². The molecule has 2 aromatic carbocycles. The lowest BCUT2D eigenvalue weighted by Crippen LogP contribution is -2.43. The van der Waals surface area contributed by atoms with Crippen molar-refractivity contribution in [1.82, 2.24) is 9.88 Å². The number of anilines is 1. The Morgan fingerprint density at radius 3 is 2.70 bits per heavy atom. The Hall–Kier alpha value is -1.70. The second-order valence-corrected chi connectivity index (χ2v) is 8.78. The molecule has 1 fully saturated rings. The van der Waals surface area contributed by atoms with Crippen LogP contribution in [0.2, 0.25) is 5.02 Å². The van der Waals surface area contributed by atoms with Gasteiger partial charge in [0.25, 0.3) is 5.91 Å². The molecule has 1 aliphatic heterocycles. The van der Waals surface area contributed by atoms with Crippen LogP contribution in [0.25, 0.3) is 10.2 Å². The molecule has 0 atom stereocenters. The van der Waals surface area contributed by atoms with Gasteiger partial charge < -0.3 is 4.74 Å². The molecule has 1 saturated heterocycles. The van der Waals surface area contributed by atoms with Gasteiger partial charge in [0.1, 0.15) is 0 Å². The van der Waals surface area contributed by atoms with Crippen molar-refractivity contribution in [2.45, 2.75) is 13.8 Å². The first-order valence-electron chi connectivity index (χ1n) is 9.76. The standard InChI is InChI=1S/C22H24ClN3O2S.ClH/c1-15-3-5-18(16(2)13-15)21(27)26(8-7-25-9-11-28-12-10-25)22-24-19-6-4-17(23)14-20(19)29-22;/h3-6,13-14H,7-12H2,1-2H3;1H. The Balaban J connectivity index is 0.00000256. The highest BCUT2D eigenvalue weighted by molar-refractivity contribution is 7.22. The highest BCUT2D eigenvalue weighted by Gasteiger charge is 2.24. The van der Waals surface area contributed by atoms with Crippen molar-refractivity contribution in [3.8, 4) is 0 Å². The molecule has 3 aromatic rings. The van der Waals surface area contributed by atoms with Crippen molar-refractivity contribution >= 4 is 56.6 Å². The molecule has 0 N–H and O–H groups in total. The third-order valence-electron chi connectivity index (χ3n) is 5.17. The van der Waals surface area contributed by atoms with Crippen LogP contribution in [-0.4, -0.2) is 55.2 Å². The van der Waals surface area contributed by atoms with Gasteiger partial charge in [-0.1, -0.05) is 40.6 Å². The summed E-state index contributed by atoms with van der Waals surface area (Å²) in [5, 5.41) is 1.38. The molecule has 0 unspecified atom stereocenters. The molecule has 160 valence electrons. The molecule has 1 amide bonds. The minimum atomic E-state index is -0.0130. The summed E-state index contributed by atoms with van der Waals surface area (Å²) in [5.41, 5.74) is 3.71. The Morgan fingerprint density at radius 2 is 1.97 bits per heavy atom. The van der Waals surface area contributed by atoms with Gasteiger partial charge in [-0.2, -0.15) is 0 Å². The maximum absolute atomic E-state index is 13.5. The Kier molecular flexibility index (Phi) is 7.71. The molecule has 1 aromatic heterocycles. The number of halogens is 2. The Morgan fingerprint density at radius 1 is 1.20 bits per heavy atom. The van der Waals surface area contributed by atoms with Crippen LogP contribution in [-0.2, 0) is 4.74 Å². The number of ether oxygens (including phenoxy) is 1. The average molecular weight is 466 g/mol. The van der Waals surface area contributed by atoms with Crippen LogP contribution in [0.4, 0.5) is 5.13 Å². The Bertz CT molecular complexity index is 1030. The molecule has 8 heteroatoms. The first-order valence-corrected chi connectivity index (χ1v) is 11.0. The van der Waals surface area contributed by atoms with E-state index in [4.69, 9.17) is 21.3 Å². The van der Waals surface area contributed by atoms with Crippen molar-refractivity contribution in [3.63, 3.8) is 0 Å². The second-order valence-electron chi connectivity index (χ2n) is 7.34. The van der Waals surface area contributed by atoms with Gasteiger partial charge in [-0.3, -0.25) is 14.6 Å². The van der Waals surface area contributed by atoms with Gasteiger partial charge in [-0.25, -0.2) is 4.98 Å². The minimum Gasteiger partial charge on any atom is -0.379 e. The molecule has 30 heavy (non-hydrogen) atoms. The lowest BCUT2D eigenvalue weighted by atomic mass is 10.0. The number of hydrogen-bond acceptors (Lipinski definition) is 5. The molecule has 0 radical (unpaired) electrons. The number of rotatable bonds is 5. The number of nitrogens with zero attached hydrogens (tertiary/aromatic N) is 3. The number of carbonyl (C=O) groups is 1. The predicted octanol–water partition coefficient (Wildman–Crippen LogP) is 4.97. The van der Waals surface area contributed by atoms with Crippen molar-refractivity contribution in [3.05, 3.63) is 58.1 Å². The molecule has 0 spiro atoms. The van der Waals surface area contributed by atoms with E-state index in [1.165, 1.54) is 11.3 Å². The molecule has 1 aliphatic rings.